The standard InChI is InChI=1S/C14H19NO4S/c1-10(14(18)15-9-3-4-13(16)17)19-11-5-7-12(20-2)8-6-11/h5-8,10H,3-4,9H2,1-2H3,(H,15,18)(H,16,17). The van der Waals surface area contributed by atoms with Gasteiger partial charge in [0, 0.05) is 17.9 Å². The van der Waals surface area contributed by atoms with Crippen molar-refractivity contribution < 1.29 is 19.4 Å². The van der Waals surface area contributed by atoms with Crippen LogP contribution < -0.4 is 10.1 Å². The normalized spacial score (nSPS) is 11.7. The zero-order valence-electron chi connectivity index (χ0n) is 11.6. The molecule has 6 heteroatoms. The zero-order valence-corrected chi connectivity index (χ0v) is 12.4. The highest BCUT2D eigenvalue weighted by molar-refractivity contribution is 7.98. The largest absolute Gasteiger partial charge is 0.481 e. The predicted octanol–water partition coefficient (Wildman–Crippen LogP) is 2.16. The number of carboxylic acids is 1. The van der Waals surface area contributed by atoms with Crippen molar-refractivity contribution >= 4 is 23.6 Å². The lowest BCUT2D eigenvalue weighted by Crippen LogP contribution is -2.36. The summed E-state index contributed by atoms with van der Waals surface area (Å²) >= 11 is 1.64. The van der Waals surface area contributed by atoms with E-state index in [2.05, 4.69) is 5.32 Å². The molecule has 110 valence electrons. The number of hydrogen-bond donors (Lipinski definition) is 2. The number of aliphatic carboxylic acids is 1. The lowest BCUT2D eigenvalue weighted by molar-refractivity contribution is -0.137. The fraction of sp³-hybridized carbons (Fsp3) is 0.429. The number of rotatable bonds is 8. The van der Waals surface area contributed by atoms with E-state index in [1.165, 1.54) is 0 Å². The molecule has 0 aliphatic rings. The average molecular weight is 297 g/mol. The Morgan fingerprint density at radius 1 is 1.35 bits per heavy atom. The molecule has 5 nitrogen and oxygen atoms in total. The molecule has 1 unspecified atom stereocenters. The van der Waals surface area contributed by atoms with Crippen molar-refractivity contribution in [2.24, 2.45) is 0 Å². The summed E-state index contributed by atoms with van der Waals surface area (Å²) in [6, 6.07) is 7.50. The number of carbonyl (C=O) groups excluding carboxylic acids is 1. The third kappa shape index (κ3) is 5.97. The lowest BCUT2D eigenvalue weighted by Gasteiger charge is -2.14. The van der Waals surface area contributed by atoms with E-state index < -0.39 is 12.1 Å². The summed E-state index contributed by atoms with van der Waals surface area (Å²) in [5, 5.41) is 11.1. The van der Waals surface area contributed by atoms with Crippen LogP contribution in [0.1, 0.15) is 19.8 Å². The Kier molecular flexibility index (Phi) is 6.93. The summed E-state index contributed by atoms with van der Waals surface area (Å²) < 4.78 is 5.52. The molecule has 20 heavy (non-hydrogen) atoms. The lowest BCUT2D eigenvalue weighted by atomic mass is 10.3. The summed E-state index contributed by atoms with van der Waals surface area (Å²) in [5.74, 6) is -0.474. The number of amides is 1. The first-order valence-electron chi connectivity index (χ1n) is 6.33. The van der Waals surface area contributed by atoms with Gasteiger partial charge in [-0.2, -0.15) is 0 Å². The number of benzene rings is 1. The summed E-state index contributed by atoms with van der Waals surface area (Å²) in [6.45, 7) is 2.00. The van der Waals surface area contributed by atoms with Gasteiger partial charge in [0.2, 0.25) is 0 Å². The van der Waals surface area contributed by atoms with Crippen LogP contribution in [0, 0.1) is 0 Å². The van der Waals surface area contributed by atoms with Crippen molar-refractivity contribution in [2.75, 3.05) is 12.8 Å². The van der Waals surface area contributed by atoms with Gasteiger partial charge in [-0.3, -0.25) is 9.59 Å². The number of thioether (sulfide) groups is 1. The molecule has 0 aliphatic heterocycles. The SMILES string of the molecule is CSc1ccc(OC(C)C(=O)NCCCC(=O)O)cc1. The van der Waals surface area contributed by atoms with Crippen molar-refractivity contribution in [3.63, 3.8) is 0 Å². The van der Waals surface area contributed by atoms with Gasteiger partial charge in [-0.25, -0.2) is 0 Å². The molecule has 0 saturated carbocycles. The average Bonchev–Trinajstić information content (AvgIpc) is 2.44. The monoisotopic (exact) mass is 297 g/mol. The molecule has 0 saturated heterocycles. The Labute approximate surface area is 122 Å². The Morgan fingerprint density at radius 3 is 2.55 bits per heavy atom. The number of carbonyl (C=O) groups is 2. The van der Waals surface area contributed by atoms with Crippen LogP contribution in [-0.2, 0) is 9.59 Å². The van der Waals surface area contributed by atoms with Gasteiger partial charge in [-0.15, -0.1) is 11.8 Å². The highest BCUT2D eigenvalue weighted by Crippen LogP contribution is 2.19. The van der Waals surface area contributed by atoms with Crippen LogP contribution in [0.3, 0.4) is 0 Å². The van der Waals surface area contributed by atoms with Gasteiger partial charge in [-0.1, -0.05) is 0 Å². The van der Waals surface area contributed by atoms with Crippen LogP contribution in [0.25, 0.3) is 0 Å². The van der Waals surface area contributed by atoms with E-state index in [1.807, 2.05) is 30.5 Å². The van der Waals surface area contributed by atoms with Crippen molar-refractivity contribution in [1.29, 1.82) is 0 Å². The molecule has 0 bridgehead atoms. The zero-order chi connectivity index (χ0) is 15.0. The first-order valence-corrected chi connectivity index (χ1v) is 7.55. The minimum atomic E-state index is -0.863. The first kappa shape index (κ1) is 16.4. The van der Waals surface area contributed by atoms with Gasteiger partial charge >= 0.3 is 5.97 Å². The molecule has 1 atom stereocenters. The van der Waals surface area contributed by atoms with Crippen molar-refractivity contribution in [2.45, 2.75) is 30.8 Å². The fourth-order valence-electron chi connectivity index (χ4n) is 1.51. The minimum absolute atomic E-state index is 0.0473. The molecule has 1 aromatic carbocycles. The predicted molar refractivity (Wildman–Crippen MR) is 78.2 cm³/mol. The van der Waals surface area contributed by atoms with Gasteiger partial charge in [0.05, 0.1) is 0 Å². The molecule has 0 fully saturated rings. The first-order chi connectivity index (χ1) is 9.52. The number of hydrogen-bond acceptors (Lipinski definition) is 4. The molecule has 0 heterocycles. The Morgan fingerprint density at radius 2 is 2.00 bits per heavy atom. The highest BCUT2D eigenvalue weighted by Gasteiger charge is 2.14. The minimum Gasteiger partial charge on any atom is -0.481 e. The highest BCUT2D eigenvalue weighted by atomic mass is 32.2. The van der Waals surface area contributed by atoms with Crippen LogP contribution in [-0.4, -0.2) is 35.9 Å². The quantitative estimate of drug-likeness (QED) is 0.568. The maximum Gasteiger partial charge on any atom is 0.303 e. The second kappa shape index (κ2) is 8.47. The molecular formula is C14H19NO4S. The van der Waals surface area contributed by atoms with E-state index in [0.717, 1.165) is 4.90 Å². The third-order valence-corrected chi connectivity index (χ3v) is 3.35. The second-order valence-electron chi connectivity index (χ2n) is 4.22. The maximum atomic E-state index is 11.7. The Balaban J connectivity index is 2.34. The summed E-state index contributed by atoms with van der Waals surface area (Å²) in [5.41, 5.74) is 0. The molecular weight excluding hydrogens is 278 g/mol. The Bertz CT molecular complexity index is 447. The molecule has 0 aromatic heterocycles. The molecule has 0 spiro atoms. The summed E-state index contributed by atoms with van der Waals surface area (Å²) in [6.07, 6.45) is 1.84. The Hall–Kier alpha value is -1.69. The van der Waals surface area contributed by atoms with Gasteiger partial charge in [0.15, 0.2) is 6.10 Å². The van der Waals surface area contributed by atoms with Crippen molar-refractivity contribution in [1.82, 2.24) is 5.32 Å². The maximum absolute atomic E-state index is 11.7. The van der Waals surface area contributed by atoms with Gasteiger partial charge in [0.25, 0.3) is 5.91 Å². The van der Waals surface area contributed by atoms with Crippen LogP contribution in [0.15, 0.2) is 29.2 Å². The molecule has 0 radical (unpaired) electrons. The summed E-state index contributed by atoms with van der Waals surface area (Å²) in [7, 11) is 0. The van der Waals surface area contributed by atoms with Crippen molar-refractivity contribution in [3.05, 3.63) is 24.3 Å². The third-order valence-electron chi connectivity index (χ3n) is 2.61. The molecule has 0 aliphatic carbocycles. The number of carboxylic acid groups (broad SMARTS) is 1. The van der Waals surface area contributed by atoms with Crippen LogP contribution in [0.5, 0.6) is 5.75 Å². The van der Waals surface area contributed by atoms with E-state index >= 15 is 0 Å². The van der Waals surface area contributed by atoms with Gasteiger partial charge in [-0.05, 0) is 43.9 Å². The summed E-state index contributed by atoms with van der Waals surface area (Å²) in [4.78, 5) is 23.2. The molecule has 1 amide bonds. The van der Waals surface area contributed by atoms with E-state index in [0.29, 0.717) is 18.7 Å². The van der Waals surface area contributed by atoms with Gasteiger partial charge in [0.1, 0.15) is 5.75 Å². The van der Waals surface area contributed by atoms with Crippen molar-refractivity contribution in [3.8, 4) is 5.75 Å². The topological polar surface area (TPSA) is 75.6 Å². The van der Waals surface area contributed by atoms with Crippen LogP contribution >= 0.6 is 11.8 Å². The fourth-order valence-corrected chi connectivity index (χ4v) is 1.92. The number of nitrogens with one attached hydrogen (secondary N) is 1. The second-order valence-corrected chi connectivity index (χ2v) is 5.10. The van der Waals surface area contributed by atoms with E-state index in [4.69, 9.17) is 9.84 Å². The molecule has 1 rings (SSSR count). The van der Waals surface area contributed by atoms with Crippen LogP contribution in [0.4, 0.5) is 0 Å². The van der Waals surface area contributed by atoms with Crippen LogP contribution in [0.2, 0.25) is 0 Å². The smallest absolute Gasteiger partial charge is 0.303 e. The van der Waals surface area contributed by atoms with E-state index in [9.17, 15) is 9.59 Å². The number of ether oxygens (including phenoxy) is 1. The van der Waals surface area contributed by atoms with Gasteiger partial charge < -0.3 is 15.2 Å². The molecule has 2 N–H and O–H groups in total. The molecule has 1 aromatic rings. The van der Waals surface area contributed by atoms with E-state index in [-0.39, 0.29) is 12.3 Å². The van der Waals surface area contributed by atoms with E-state index in [1.54, 1.807) is 18.7 Å².